The third kappa shape index (κ3) is 4.44. The normalized spacial score (nSPS) is 11.9. The van der Waals surface area contributed by atoms with Crippen LogP contribution in [0.5, 0.6) is 0 Å². The van der Waals surface area contributed by atoms with E-state index >= 15 is 0 Å². The van der Waals surface area contributed by atoms with E-state index in [9.17, 15) is 0 Å². The maximum absolute atomic E-state index is 2.53. The highest BCUT2D eigenvalue weighted by atomic mass is 15.0. The van der Waals surface area contributed by atoms with Crippen LogP contribution in [0.4, 0.5) is 0 Å². The lowest BCUT2D eigenvalue weighted by Crippen LogP contribution is -2.00. The van der Waals surface area contributed by atoms with Gasteiger partial charge in [-0.15, -0.1) is 0 Å². The molecule has 2 heterocycles. The summed E-state index contributed by atoms with van der Waals surface area (Å²) < 4.78 is 5.02. The van der Waals surface area contributed by atoms with Gasteiger partial charge in [-0.05, 0) is 85.4 Å². The summed E-state index contributed by atoms with van der Waals surface area (Å²) in [7, 11) is 0. The molecule has 56 heavy (non-hydrogen) atoms. The zero-order chi connectivity index (χ0) is 36.7. The van der Waals surface area contributed by atoms with Crippen LogP contribution in [0.25, 0.3) is 110 Å². The molecule has 0 aliphatic heterocycles. The lowest BCUT2D eigenvalue weighted by Gasteiger charge is -2.17. The Bertz CT molecular complexity index is 3490. The Balaban J connectivity index is 1.19. The number of rotatable bonds is 4. The third-order valence-electron chi connectivity index (χ3n) is 11.9. The molecular weight excluding hydrogens is 677 g/mol. The second-order valence-corrected chi connectivity index (χ2v) is 14.8. The first-order chi connectivity index (χ1) is 27.8. The highest BCUT2D eigenvalue weighted by Gasteiger charge is 2.23. The van der Waals surface area contributed by atoms with Gasteiger partial charge in [0.15, 0.2) is 0 Å². The molecule has 0 unspecified atom stereocenters. The van der Waals surface area contributed by atoms with Crippen LogP contribution in [-0.4, -0.2) is 9.13 Å². The minimum absolute atomic E-state index is 1.14. The van der Waals surface area contributed by atoms with Gasteiger partial charge in [0.25, 0.3) is 0 Å². The summed E-state index contributed by atoms with van der Waals surface area (Å²) in [4.78, 5) is 0. The zero-order valence-electron chi connectivity index (χ0n) is 30.5. The summed E-state index contributed by atoms with van der Waals surface area (Å²) in [6.45, 7) is 0. The monoisotopic (exact) mass is 710 g/mol. The molecule has 0 radical (unpaired) electrons. The molecule has 0 spiro atoms. The second kappa shape index (κ2) is 12.0. The van der Waals surface area contributed by atoms with E-state index in [0.29, 0.717) is 0 Å². The maximum Gasteiger partial charge on any atom is 0.0789 e. The Morgan fingerprint density at radius 2 is 0.732 bits per heavy atom. The molecule has 0 aliphatic carbocycles. The van der Waals surface area contributed by atoms with Crippen molar-refractivity contribution in [3.63, 3.8) is 0 Å². The Morgan fingerprint density at radius 1 is 0.250 bits per heavy atom. The van der Waals surface area contributed by atoms with Crippen molar-refractivity contribution in [1.82, 2.24) is 9.13 Å². The maximum atomic E-state index is 2.53. The van der Waals surface area contributed by atoms with Crippen molar-refractivity contribution in [3.05, 3.63) is 206 Å². The van der Waals surface area contributed by atoms with Crippen molar-refractivity contribution in [1.29, 1.82) is 0 Å². The van der Waals surface area contributed by atoms with Crippen molar-refractivity contribution in [2.45, 2.75) is 0 Å². The summed E-state index contributed by atoms with van der Waals surface area (Å²) in [5, 5.41) is 12.7. The summed E-state index contributed by atoms with van der Waals surface area (Å²) in [6, 6.07) is 75.8. The predicted octanol–water partition coefficient (Wildman–Crippen LogP) is 14.7. The fourth-order valence-electron chi connectivity index (χ4n) is 9.46. The molecule has 2 nitrogen and oxygen atoms in total. The van der Waals surface area contributed by atoms with E-state index in [2.05, 4.69) is 215 Å². The van der Waals surface area contributed by atoms with Gasteiger partial charge < -0.3 is 9.13 Å². The SMILES string of the molecule is c1ccc(-c2cccc(-n3c4ccccc4c4ccc5c6ccccc6n(-c6ccccc6-c6ccc7c8ccccc8c8ccccc8c7c6)c5c43)c2)cc1. The Morgan fingerprint density at radius 3 is 1.41 bits per heavy atom. The minimum atomic E-state index is 1.14. The number of nitrogens with zero attached hydrogens (tertiary/aromatic N) is 2. The number of hydrogen-bond donors (Lipinski definition) is 0. The summed E-state index contributed by atoms with van der Waals surface area (Å²) in [5.41, 5.74) is 11.9. The van der Waals surface area contributed by atoms with Crippen LogP contribution in [-0.2, 0) is 0 Å². The average molecular weight is 711 g/mol. The van der Waals surface area contributed by atoms with Gasteiger partial charge in [0, 0.05) is 32.8 Å². The highest BCUT2D eigenvalue weighted by Crippen LogP contribution is 2.44. The lowest BCUT2D eigenvalue weighted by molar-refractivity contribution is 1.15. The molecule has 0 aliphatic rings. The van der Waals surface area contributed by atoms with E-state index in [1.165, 1.54) is 98.2 Å². The smallest absolute Gasteiger partial charge is 0.0789 e. The van der Waals surface area contributed by atoms with Gasteiger partial charge in [0.05, 0.1) is 27.8 Å². The van der Waals surface area contributed by atoms with Gasteiger partial charge >= 0.3 is 0 Å². The van der Waals surface area contributed by atoms with Gasteiger partial charge in [-0.3, -0.25) is 0 Å². The molecule has 2 aromatic heterocycles. The number of hydrogen-bond acceptors (Lipinski definition) is 0. The van der Waals surface area contributed by atoms with Crippen LogP contribution in [0, 0.1) is 0 Å². The van der Waals surface area contributed by atoms with E-state index in [0.717, 1.165) is 11.4 Å². The molecule has 260 valence electrons. The molecule has 0 saturated heterocycles. The van der Waals surface area contributed by atoms with E-state index in [4.69, 9.17) is 0 Å². The van der Waals surface area contributed by atoms with Gasteiger partial charge in [-0.25, -0.2) is 0 Å². The first-order valence-electron chi connectivity index (χ1n) is 19.4. The molecule has 0 amide bonds. The summed E-state index contributed by atoms with van der Waals surface area (Å²) in [6.07, 6.45) is 0. The van der Waals surface area contributed by atoms with E-state index in [1.54, 1.807) is 0 Å². The van der Waals surface area contributed by atoms with Crippen LogP contribution in [0.1, 0.15) is 0 Å². The molecule has 10 aromatic carbocycles. The highest BCUT2D eigenvalue weighted by molar-refractivity contribution is 6.26. The summed E-state index contributed by atoms with van der Waals surface area (Å²) >= 11 is 0. The first kappa shape index (κ1) is 31.0. The van der Waals surface area contributed by atoms with Gasteiger partial charge in [-0.2, -0.15) is 0 Å². The van der Waals surface area contributed by atoms with E-state index in [-0.39, 0.29) is 0 Å². The molecule has 2 heteroatoms. The van der Waals surface area contributed by atoms with Crippen LogP contribution in [0.2, 0.25) is 0 Å². The van der Waals surface area contributed by atoms with E-state index < -0.39 is 0 Å². The Hall–Kier alpha value is -7.42. The number of aromatic nitrogens is 2. The zero-order valence-corrected chi connectivity index (χ0v) is 30.5. The van der Waals surface area contributed by atoms with Crippen LogP contribution in [0.15, 0.2) is 206 Å². The number of fused-ring (bicyclic) bond motifs is 13. The van der Waals surface area contributed by atoms with Crippen molar-refractivity contribution < 1.29 is 0 Å². The topological polar surface area (TPSA) is 9.86 Å². The summed E-state index contributed by atoms with van der Waals surface area (Å²) in [5.74, 6) is 0. The lowest BCUT2D eigenvalue weighted by atomic mass is 9.92. The van der Waals surface area contributed by atoms with Crippen molar-refractivity contribution >= 4 is 75.9 Å². The fraction of sp³-hybridized carbons (Fsp3) is 0. The molecular formula is C54H34N2. The average Bonchev–Trinajstić information content (AvgIpc) is 3.80. The standard InChI is InChI=1S/C54H34N2/c1-2-15-35(16-3-1)36-17-14-18-38(33-36)55-51-27-12-9-24-45(51)47-31-32-48-46-25-10-13-28-52(46)56(54(48)53(47)55)50-26-11-8-19-39(50)37-29-30-44-42-22-5-4-20-40(42)41-21-6-7-23-43(41)49(44)34-37/h1-34H. The Kier molecular flexibility index (Phi) is 6.66. The molecule has 0 atom stereocenters. The van der Waals surface area contributed by atoms with Crippen molar-refractivity contribution in [3.8, 4) is 33.6 Å². The quantitative estimate of drug-likeness (QED) is 0.161. The van der Waals surface area contributed by atoms with Gasteiger partial charge in [-0.1, -0.05) is 170 Å². The van der Waals surface area contributed by atoms with Crippen LogP contribution < -0.4 is 0 Å². The van der Waals surface area contributed by atoms with Crippen molar-refractivity contribution in [2.24, 2.45) is 0 Å². The van der Waals surface area contributed by atoms with Crippen LogP contribution >= 0.6 is 0 Å². The number of para-hydroxylation sites is 3. The third-order valence-corrected chi connectivity index (χ3v) is 11.9. The molecule has 0 saturated carbocycles. The van der Waals surface area contributed by atoms with Gasteiger partial charge in [0.2, 0.25) is 0 Å². The number of benzene rings is 10. The van der Waals surface area contributed by atoms with Crippen LogP contribution in [0.3, 0.4) is 0 Å². The first-order valence-corrected chi connectivity index (χ1v) is 19.4. The van der Waals surface area contributed by atoms with Gasteiger partial charge in [0.1, 0.15) is 0 Å². The molecule has 0 bridgehead atoms. The fourth-order valence-corrected chi connectivity index (χ4v) is 9.46. The Labute approximate surface area is 323 Å². The molecule has 12 aromatic rings. The molecule has 0 fully saturated rings. The molecule has 0 N–H and O–H groups in total. The molecule has 12 rings (SSSR count). The van der Waals surface area contributed by atoms with E-state index in [1.807, 2.05) is 0 Å². The minimum Gasteiger partial charge on any atom is -0.307 e. The largest absolute Gasteiger partial charge is 0.307 e. The predicted molar refractivity (Wildman–Crippen MR) is 239 cm³/mol. The second-order valence-electron chi connectivity index (χ2n) is 14.8. The van der Waals surface area contributed by atoms with Crippen molar-refractivity contribution in [2.75, 3.05) is 0 Å².